The molecule has 1 aromatic carbocycles. The van der Waals surface area contributed by atoms with Crippen molar-refractivity contribution in [3.63, 3.8) is 0 Å². The van der Waals surface area contributed by atoms with Gasteiger partial charge in [0.1, 0.15) is 12.2 Å². The Labute approximate surface area is 127 Å². The van der Waals surface area contributed by atoms with E-state index in [4.69, 9.17) is 13.7 Å². The van der Waals surface area contributed by atoms with Crippen molar-refractivity contribution < 1.29 is 30.9 Å². The fourth-order valence-corrected chi connectivity index (χ4v) is 3.79. The first-order valence-electron chi connectivity index (χ1n) is 6.90. The zero-order chi connectivity index (χ0) is 15.9. The van der Waals surface area contributed by atoms with Gasteiger partial charge >= 0.3 is 0 Å². The van der Waals surface area contributed by atoms with E-state index >= 15 is 0 Å². The van der Waals surface area contributed by atoms with Crippen LogP contribution < -0.4 is 0 Å². The van der Waals surface area contributed by atoms with Crippen LogP contribution in [0.1, 0.15) is 5.56 Å². The van der Waals surface area contributed by atoms with Crippen LogP contribution in [0.2, 0.25) is 0 Å². The smallest absolute Gasteiger partial charge is 0.297 e. The summed E-state index contributed by atoms with van der Waals surface area (Å²) in [5, 5.41) is 0. The lowest BCUT2D eigenvalue weighted by Gasteiger charge is -2.16. The lowest BCUT2D eigenvalue weighted by Crippen LogP contribution is -2.34. The van der Waals surface area contributed by atoms with E-state index in [9.17, 15) is 17.2 Å². The lowest BCUT2D eigenvalue weighted by molar-refractivity contribution is -0.0105. The Morgan fingerprint density at radius 2 is 1.77 bits per heavy atom. The normalized spacial score (nSPS) is 31.6. The van der Waals surface area contributed by atoms with E-state index in [2.05, 4.69) is 0 Å². The Hall–Kier alpha value is -1.09. The number of rotatable bonds is 4. The molecule has 2 aliphatic rings. The molecule has 0 spiro atoms. The Balaban J connectivity index is 1.73. The van der Waals surface area contributed by atoms with E-state index in [1.54, 1.807) is 12.1 Å². The summed E-state index contributed by atoms with van der Waals surface area (Å²) in [5.74, 6) is -1.04. The highest BCUT2D eigenvalue weighted by Gasteiger charge is 2.52. The van der Waals surface area contributed by atoms with Gasteiger partial charge in [0, 0.05) is 0 Å². The van der Waals surface area contributed by atoms with Crippen LogP contribution in [-0.4, -0.2) is 46.4 Å². The third-order valence-corrected chi connectivity index (χ3v) is 5.28. The van der Waals surface area contributed by atoms with Gasteiger partial charge in [-0.15, -0.1) is 0 Å². The van der Waals surface area contributed by atoms with Gasteiger partial charge in [0.15, 0.2) is 0 Å². The maximum absolute atomic E-state index is 12.8. The molecule has 0 aliphatic carbocycles. The first-order chi connectivity index (χ1) is 10.4. The van der Waals surface area contributed by atoms with Gasteiger partial charge < -0.3 is 9.47 Å². The summed E-state index contributed by atoms with van der Waals surface area (Å²) in [5.41, 5.74) is 0.919. The highest BCUT2D eigenvalue weighted by molar-refractivity contribution is 7.86. The quantitative estimate of drug-likeness (QED) is 0.785. The van der Waals surface area contributed by atoms with E-state index in [0.29, 0.717) is 0 Å². The van der Waals surface area contributed by atoms with E-state index in [1.807, 2.05) is 6.92 Å². The molecule has 1 aromatic rings. The van der Waals surface area contributed by atoms with Gasteiger partial charge in [0.25, 0.3) is 10.1 Å². The van der Waals surface area contributed by atoms with Gasteiger partial charge in [-0.25, -0.2) is 8.78 Å². The summed E-state index contributed by atoms with van der Waals surface area (Å²) < 4.78 is 65.8. The molecule has 3 rings (SSSR count). The molecular weight excluding hydrogens is 318 g/mol. The number of aryl methyl sites for hydroxylation is 1. The van der Waals surface area contributed by atoms with Crippen LogP contribution in [0.15, 0.2) is 29.2 Å². The number of hydrogen-bond donors (Lipinski definition) is 0. The van der Waals surface area contributed by atoms with E-state index in [1.165, 1.54) is 12.1 Å². The summed E-state index contributed by atoms with van der Waals surface area (Å²) in [4.78, 5) is 0.0185. The summed E-state index contributed by atoms with van der Waals surface area (Å²) in [6.45, 7) is 1.60. The van der Waals surface area contributed by atoms with Crippen LogP contribution in [0.4, 0.5) is 8.78 Å². The molecule has 22 heavy (non-hydrogen) atoms. The third-order valence-electron chi connectivity index (χ3n) is 3.93. The average molecular weight is 334 g/mol. The third kappa shape index (κ3) is 2.88. The van der Waals surface area contributed by atoms with Crippen molar-refractivity contribution in [3.8, 4) is 0 Å². The van der Waals surface area contributed by atoms with Crippen molar-refractivity contribution in [2.45, 2.75) is 36.6 Å². The molecule has 8 heteroatoms. The van der Waals surface area contributed by atoms with Crippen LogP contribution >= 0.6 is 0 Å². The van der Waals surface area contributed by atoms with Gasteiger partial charge in [-0.3, -0.25) is 4.18 Å². The molecule has 2 saturated heterocycles. The maximum Gasteiger partial charge on any atom is 0.297 e. The Bertz CT molecular complexity index is 631. The first kappa shape index (κ1) is 15.8. The van der Waals surface area contributed by atoms with Crippen LogP contribution in [0.3, 0.4) is 0 Å². The molecule has 5 nitrogen and oxygen atoms in total. The molecule has 2 heterocycles. The fourth-order valence-electron chi connectivity index (χ4n) is 2.72. The second kappa shape index (κ2) is 5.84. The molecule has 0 radical (unpaired) electrons. The van der Waals surface area contributed by atoms with Crippen molar-refractivity contribution >= 4 is 10.1 Å². The monoisotopic (exact) mass is 334 g/mol. The highest BCUT2D eigenvalue weighted by atomic mass is 32.2. The molecule has 2 fully saturated rings. The minimum atomic E-state index is -3.98. The summed E-state index contributed by atoms with van der Waals surface area (Å²) in [6.07, 6.45) is -5.07. The molecule has 0 amide bonds. The Morgan fingerprint density at radius 3 is 2.41 bits per heavy atom. The molecule has 0 aromatic heterocycles. The summed E-state index contributed by atoms with van der Waals surface area (Å²) in [7, 11) is -3.98. The van der Waals surface area contributed by atoms with Crippen molar-refractivity contribution in [1.29, 1.82) is 0 Å². The van der Waals surface area contributed by atoms with Crippen LogP contribution in [0.5, 0.6) is 0 Å². The standard InChI is InChI=1S/C14H16F2O5S/c1-8-2-4-9(5-3-8)22(17,18)21-11-7-20-12-10(14(15)16)6-19-13(11)12/h2-5,10-14H,6-7H2,1H3/t10-,11-,12-,13+/m1/s1. The van der Waals surface area contributed by atoms with Gasteiger partial charge in [0.2, 0.25) is 6.43 Å². The molecule has 0 N–H and O–H groups in total. The van der Waals surface area contributed by atoms with E-state index < -0.39 is 40.8 Å². The minimum absolute atomic E-state index is 0.0185. The molecule has 122 valence electrons. The SMILES string of the molecule is Cc1ccc(S(=O)(=O)O[C@@H]2CO[C@H]3[C@H]2OC[C@H]3C(F)F)cc1. The second-order valence-electron chi connectivity index (χ2n) is 5.50. The largest absolute Gasteiger partial charge is 0.372 e. The van der Waals surface area contributed by atoms with Crippen LogP contribution in [-0.2, 0) is 23.8 Å². The fraction of sp³-hybridized carbons (Fsp3) is 0.571. The van der Waals surface area contributed by atoms with Gasteiger partial charge in [0.05, 0.1) is 30.1 Å². The minimum Gasteiger partial charge on any atom is -0.372 e. The highest BCUT2D eigenvalue weighted by Crippen LogP contribution is 2.36. The van der Waals surface area contributed by atoms with Crippen LogP contribution in [0.25, 0.3) is 0 Å². The number of halogens is 2. The predicted molar refractivity (Wildman–Crippen MR) is 72.2 cm³/mol. The van der Waals surface area contributed by atoms with Crippen molar-refractivity contribution in [1.82, 2.24) is 0 Å². The van der Waals surface area contributed by atoms with Crippen molar-refractivity contribution in [2.24, 2.45) is 5.92 Å². The Kier molecular flexibility index (Phi) is 4.19. The molecule has 4 atom stereocenters. The number of fused-ring (bicyclic) bond motifs is 1. The number of ether oxygens (including phenoxy) is 2. The van der Waals surface area contributed by atoms with Gasteiger partial charge in [-0.05, 0) is 19.1 Å². The first-order valence-corrected chi connectivity index (χ1v) is 8.30. The number of alkyl halides is 2. The lowest BCUT2D eigenvalue weighted by atomic mass is 10.0. The predicted octanol–water partition coefficient (Wildman–Crippen LogP) is 1.75. The van der Waals surface area contributed by atoms with Crippen molar-refractivity contribution in [2.75, 3.05) is 13.2 Å². The summed E-state index contributed by atoms with van der Waals surface area (Å²) in [6, 6.07) is 6.19. The molecule has 2 aliphatic heterocycles. The van der Waals surface area contributed by atoms with Gasteiger partial charge in [-0.2, -0.15) is 8.42 Å². The topological polar surface area (TPSA) is 61.8 Å². The average Bonchev–Trinajstić information content (AvgIpc) is 3.02. The number of benzene rings is 1. The maximum atomic E-state index is 12.8. The molecule has 0 bridgehead atoms. The summed E-state index contributed by atoms with van der Waals surface area (Å²) >= 11 is 0. The molecule has 0 unspecified atom stereocenters. The molecule has 0 saturated carbocycles. The van der Waals surface area contributed by atoms with E-state index in [0.717, 1.165) is 5.56 Å². The van der Waals surface area contributed by atoms with Gasteiger partial charge in [-0.1, -0.05) is 17.7 Å². The zero-order valence-electron chi connectivity index (χ0n) is 11.8. The Morgan fingerprint density at radius 1 is 1.14 bits per heavy atom. The zero-order valence-corrected chi connectivity index (χ0v) is 12.6. The molecular formula is C14H16F2O5S. The van der Waals surface area contributed by atoms with Crippen molar-refractivity contribution in [3.05, 3.63) is 29.8 Å². The van der Waals surface area contributed by atoms with E-state index in [-0.39, 0.29) is 18.1 Å². The second-order valence-corrected chi connectivity index (χ2v) is 7.07. The number of hydrogen-bond acceptors (Lipinski definition) is 5. The van der Waals surface area contributed by atoms with Crippen LogP contribution in [0, 0.1) is 12.8 Å².